The second-order valence-electron chi connectivity index (χ2n) is 4.83. The van der Waals surface area contributed by atoms with E-state index < -0.39 is 5.97 Å². The minimum Gasteiger partial charge on any atom is -0.481 e. The molecular formula is C15H16N2O3S. The molecule has 2 aromatic rings. The Hall–Kier alpha value is -2.21. The fourth-order valence-electron chi connectivity index (χ4n) is 1.83. The van der Waals surface area contributed by atoms with Crippen molar-refractivity contribution in [2.75, 3.05) is 5.32 Å². The third-order valence-corrected chi connectivity index (χ3v) is 3.93. The van der Waals surface area contributed by atoms with E-state index in [0.29, 0.717) is 10.7 Å². The fraction of sp³-hybridized carbons (Fsp3) is 0.267. The van der Waals surface area contributed by atoms with Crippen LogP contribution in [0.3, 0.4) is 0 Å². The minimum absolute atomic E-state index is 0.116. The molecule has 2 rings (SSSR count). The highest BCUT2D eigenvalue weighted by atomic mass is 32.1. The van der Waals surface area contributed by atoms with Crippen molar-refractivity contribution in [1.29, 1.82) is 0 Å². The average molecular weight is 304 g/mol. The van der Waals surface area contributed by atoms with Crippen LogP contribution in [0.15, 0.2) is 23.6 Å². The fourth-order valence-corrected chi connectivity index (χ4v) is 2.62. The predicted octanol–water partition coefficient (Wildman–Crippen LogP) is 2.57. The van der Waals surface area contributed by atoms with E-state index in [9.17, 15) is 9.59 Å². The lowest BCUT2D eigenvalue weighted by atomic mass is 10.1. The molecule has 21 heavy (non-hydrogen) atoms. The number of rotatable bonds is 5. The lowest BCUT2D eigenvalue weighted by molar-refractivity contribution is -0.136. The molecule has 2 N–H and O–H groups in total. The summed E-state index contributed by atoms with van der Waals surface area (Å²) < 4.78 is 0. The molecule has 0 fully saturated rings. The van der Waals surface area contributed by atoms with E-state index in [0.717, 1.165) is 11.3 Å². The van der Waals surface area contributed by atoms with Crippen LogP contribution in [0.2, 0.25) is 0 Å². The van der Waals surface area contributed by atoms with Gasteiger partial charge >= 0.3 is 5.97 Å². The SMILES string of the molecule is Cc1ccc(NC(=O)Cc2nc(CC(=O)O)cs2)cc1C. The number of aryl methyl sites for hydroxylation is 2. The number of amides is 1. The molecular weight excluding hydrogens is 288 g/mol. The Morgan fingerprint density at radius 2 is 2.00 bits per heavy atom. The highest BCUT2D eigenvalue weighted by Crippen LogP contribution is 2.16. The van der Waals surface area contributed by atoms with E-state index >= 15 is 0 Å². The van der Waals surface area contributed by atoms with E-state index in [2.05, 4.69) is 10.3 Å². The number of thiazole rings is 1. The van der Waals surface area contributed by atoms with E-state index in [4.69, 9.17) is 5.11 Å². The first kappa shape index (κ1) is 15.2. The van der Waals surface area contributed by atoms with Crippen LogP contribution in [0.1, 0.15) is 21.8 Å². The zero-order valence-corrected chi connectivity index (χ0v) is 12.7. The van der Waals surface area contributed by atoms with Crippen LogP contribution in [0, 0.1) is 13.8 Å². The quantitative estimate of drug-likeness (QED) is 0.889. The second-order valence-corrected chi connectivity index (χ2v) is 5.77. The second kappa shape index (κ2) is 6.49. The molecule has 1 heterocycles. The van der Waals surface area contributed by atoms with Gasteiger partial charge in [-0.15, -0.1) is 11.3 Å². The topological polar surface area (TPSA) is 79.3 Å². The number of benzene rings is 1. The Bertz CT molecular complexity index is 679. The number of anilines is 1. The van der Waals surface area contributed by atoms with Crippen LogP contribution in [0.4, 0.5) is 5.69 Å². The molecule has 0 saturated heterocycles. The Balaban J connectivity index is 1.96. The molecule has 0 spiro atoms. The molecule has 0 bridgehead atoms. The summed E-state index contributed by atoms with van der Waals surface area (Å²) in [4.78, 5) is 26.7. The van der Waals surface area contributed by atoms with Crippen LogP contribution < -0.4 is 5.32 Å². The minimum atomic E-state index is -0.925. The molecule has 0 aliphatic heterocycles. The molecule has 1 aromatic carbocycles. The number of carboxylic acid groups (broad SMARTS) is 1. The number of carbonyl (C=O) groups excluding carboxylic acids is 1. The number of aliphatic carboxylic acids is 1. The number of carboxylic acids is 1. The van der Waals surface area contributed by atoms with Crippen LogP contribution in [0.25, 0.3) is 0 Å². The molecule has 0 radical (unpaired) electrons. The summed E-state index contributed by atoms with van der Waals surface area (Å²) in [5.41, 5.74) is 3.53. The van der Waals surface area contributed by atoms with Crippen LogP contribution >= 0.6 is 11.3 Å². The number of hydrogen-bond donors (Lipinski definition) is 2. The summed E-state index contributed by atoms with van der Waals surface area (Å²) in [6.07, 6.45) is 0.0342. The molecule has 0 aliphatic rings. The molecule has 1 aromatic heterocycles. The van der Waals surface area contributed by atoms with Crippen molar-refractivity contribution in [1.82, 2.24) is 4.98 Å². The first-order valence-corrected chi connectivity index (χ1v) is 7.34. The standard InChI is InChI=1S/C15H16N2O3S/c1-9-3-4-11(5-10(9)2)16-13(18)7-14-17-12(8-21-14)6-15(19)20/h3-5,8H,6-7H2,1-2H3,(H,16,18)(H,19,20). The summed E-state index contributed by atoms with van der Waals surface area (Å²) in [7, 11) is 0. The number of nitrogens with one attached hydrogen (secondary N) is 1. The van der Waals surface area contributed by atoms with Crippen LogP contribution in [-0.2, 0) is 22.4 Å². The van der Waals surface area contributed by atoms with E-state index in [-0.39, 0.29) is 18.7 Å². The zero-order valence-electron chi connectivity index (χ0n) is 11.8. The molecule has 6 heteroatoms. The Morgan fingerprint density at radius 1 is 1.24 bits per heavy atom. The monoisotopic (exact) mass is 304 g/mol. The first-order valence-electron chi connectivity index (χ1n) is 6.46. The van der Waals surface area contributed by atoms with Crippen molar-refractivity contribution < 1.29 is 14.7 Å². The molecule has 0 aliphatic carbocycles. The van der Waals surface area contributed by atoms with Gasteiger partial charge in [-0.2, -0.15) is 0 Å². The predicted molar refractivity (Wildman–Crippen MR) is 81.7 cm³/mol. The van der Waals surface area contributed by atoms with Gasteiger partial charge in [0, 0.05) is 11.1 Å². The van der Waals surface area contributed by atoms with Gasteiger partial charge in [-0.05, 0) is 37.1 Å². The van der Waals surface area contributed by atoms with Crippen LogP contribution in [0.5, 0.6) is 0 Å². The number of carbonyl (C=O) groups is 2. The largest absolute Gasteiger partial charge is 0.481 e. The van der Waals surface area contributed by atoms with Gasteiger partial charge in [0.15, 0.2) is 0 Å². The van der Waals surface area contributed by atoms with E-state index in [1.165, 1.54) is 16.9 Å². The van der Waals surface area contributed by atoms with Gasteiger partial charge in [-0.3, -0.25) is 9.59 Å². The lowest BCUT2D eigenvalue weighted by Gasteiger charge is -2.06. The highest BCUT2D eigenvalue weighted by molar-refractivity contribution is 7.09. The van der Waals surface area contributed by atoms with Crippen LogP contribution in [-0.4, -0.2) is 22.0 Å². The van der Waals surface area contributed by atoms with Gasteiger partial charge in [-0.1, -0.05) is 6.07 Å². The third kappa shape index (κ3) is 4.39. The van der Waals surface area contributed by atoms with Gasteiger partial charge in [0.2, 0.25) is 5.91 Å². The average Bonchev–Trinajstić information content (AvgIpc) is 2.80. The molecule has 0 saturated carbocycles. The summed E-state index contributed by atoms with van der Waals surface area (Å²) in [5.74, 6) is -1.08. The Labute approximate surface area is 126 Å². The maximum absolute atomic E-state index is 11.9. The lowest BCUT2D eigenvalue weighted by Crippen LogP contribution is -2.14. The van der Waals surface area contributed by atoms with Gasteiger partial charge in [0.05, 0.1) is 18.5 Å². The van der Waals surface area contributed by atoms with Gasteiger partial charge in [0.1, 0.15) is 5.01 Å². The highest BCUT2D eigenvalue weighted by Gasteiger charge is 2.10. The van der Waals surface area contributed by atoms with Gasteiger partial charge in [0.25, 0.3) is 0 Å². The molecule has 110 valence electrons. The maximum atomic E-state index is 11.9. The summed E-state index contributed by atoms with van der Waals surface area (Å²) in [6.45, 7) is 4.00. The number of aromatic nitrogens is 1. The zero-order chi connectivity index (χ0) is 15.4. The van der Waals surface area contributed by atoms with Crippen molar-refractivity contribution in [2.45, 2.75) is 26.7 Å². The summed E-state index contributed by atoms with van der Waals surface area (Å²) in [5, 5.41) is 13.8. The molecule has 1 amide bonds. The number of nitrogens with zero attached hydrogens (tertiary/aromatic N) is 1. The van der Waals surface area contributed by atoms with E-state index in [1.807, 2.05) is 32.0 Å². The van der Waals surface area contributed by atoms with Crippen molar-refractivity contribution in [2.24, 2.45) is 0 Å². The number of hydrogen-bond acceptors (Lipinski definition) is 4. The van der Waals surface area contributed by atoms with Crippen molar-refractivity contribution in [3.8, 4) is 0 Å². The molecule has 0 unspecified atom stereocenters. The summed E-state index contributed by atoms with van der Waals surface area (Å²) in [6, 6.07) is 5.74. The molecule has 5 nitrogen and oxygen atoms in total. The first-order chi connectivity index (χ1) is 9.94. The smallest absolute Gasteiger partial charge is 0.309 e. The van der Waals surface area contributed by atoms with Crippen molar-refractivity contribution in [3.05, 3.63) is 45.4 Å². The van der Waals surface area contributed by atoms with Gasteiger partial charge < -0.3 is 10.4 Å². The Morgan fingerprint density at radius 3 is 2.67 bits per heavy atom. The van der Waals surface area contributed by atoms with Crippen molar-refractivity contribution >= 4 is 28.9 Å². The van der Waals surface area contributed by atoms with Gasteiger partial charge in [-0.25, -0.2) is 4.98 Å². The molecule has 0 atom stereocenters. The third-order valence-electron chi connectivity index (χ3n) is 3.03. The normalized spacial score (nSPS) is 10.4. The summed E-state index contributed by atoms with van der Waals surface area (Å²) >= 11 is 1.30. The van der Waals surface area contributed by atoms with E-state index in [1.54, 1.807) is 5.38 Å². The Kier molecular flexibility index (Phi) is 4.70. The van der Waals surface area contributed by atoms with Crippen molar-refractivity contribution in [3.63, 3.8) is 0 Å². The maximum Gasteiger partial charge on any atom is 0.309 e.